The van der Waals surface area contributed by atoms with Crippen molar-refractivity contribution >= 4 is 9.84 Å². The van der Waals surface area contributed by atoms with E-state index in [9.17, 15) is 8.42 Å². The van der Waals surface area contributed by atoms with E-state index in [1.165, 1.54) is 0 Å². The maximum absolute atomic E-state index is 11.3. The molecule has 86 valence electrons. The molecule has 0 aromatic heterocycles. The van der Waals surface area contributed by atoms with Crippen LogP contribution in [0.4, 0.5) is 0 Å². The number of hydrogen-bond donors (Lipinski definition) is 1. The molecule has 0 atom stereocenters. The van der Waals surface area contributed by atoms with Gasteiger partial charge >= 0.3 is 0 Å². The van der Waals surface area contributed by atoms with Crippen LogP contribution in [0.5, 0.6) is 0 Å². The SMILES string of the molecule is CC(C)CONCCS(=O)(=O)C(C)C. The highest BCUT2D eigenvalue weighted by molar-refractivity contribution is 7.92. The average molecular weight is 223 g/mol. The molecule has 0 heterocycles. The van der Waals surface area contributed by atoms with Crippen LogP contribution in [-0.4, -0.2) is 32.6 Å². The van der Waals surface area contributed by atoms with Crippen LogP contribution < -0.4 is 5.48 Å². The van der Waals surface area contributed by atoms with Gasteiger partial charge in [-0.3, -0.25) is 0 Å². The second-order valence-corrected chi connectivity index (χ2v) is 6.69. The minimum atomic E-state index is -2.94. The van der Waals surface area contributed by atoms with Crippen molar-refractivity contribution < 1.29 is 13.3 Å². The molecule has 1 N–H and O–H groups in total. The summed E-state index contributed by atoms with van der Waals surface area (Å²) in [7, 11) is -2.94. The summed E-state index contributed by atoms with van der Waals surface area (Å²) in [5.74, 6) is 0.576. The Morgan fingerprint density at radius 2 is 1.79 bits per heavy atom. The molecule has 0 fully saturated rings. The second-order valence-electron chi connectivity index (χ2n) is 4.01. The van der Waals surface area contributed by atoms with E-state index in [1.54, 1.807) is 13.8 Å². The van der Waals surface area contributed by atoms with Gasteiger partial charge in [0.1, 0.15) is 0 Å². The van der Waals surface area contributed by atoms with Crippen LogP contribution in [0.25, 0.3) is 0 Å². The maximum Gasteiger partial charge on any atom is 0.153 e. The topological polar surface area (TPSA) is 55.4 Å². The van der Waals surface area contributed by atoms with E-state index in [4.69, 9.17) is 4.84 Å². The van der Waals surface area contributed by atoms with Crippen LogP contribution in [0, 0.1) is 5.92 Å². The largest absolute Gasteiger partial charge is 0.302 e. The summed E-state index contributed by atoms with van der Waals surface area (Å²) >= 11 is 0. The molecule has 0 unspecified atom stereocenters. The highest BCUT2D eigenvalue weighted by atomic mass is 32.2. The van der Waals surface area contributed by atoms with Gasteiger partial charge < -0.3 is 4.84 Å². The van der Waals surface area contributed by atoms with E-state index in [-0.39, 0.29) is 11.0 Å². The summed E-state index contributed by atoms with van der Waals surface area (Å²) in [6, 6.07) is 0. The van der Waals surface area contributed by atoms with Crippen molar-refractivity contribution in [2.45, 2.75) is 32.9 Å². The lowest BCUT2D eigenvalue weighted by Crippen LogP contribution is -2.28. The van der Waals surface area contributed by atoms with E-state index in [1.807, 2.05) is 13.8 Å². The van der Waals surface area contributed by atoms with Gasteiger partial charge in [-0.25, -0.2) is 13.9 Å². The first-order valence-corrected chi connectivity index (χ1v) is 6.64. The monoisotopic (exact) mass is 223 g/mol. The van der Waals surface area contributed by atoms with E-state index in [0.717, 1.165) is 0 Å². The van der Waals surface area contributed by atoms with Crippen LogP contribution in [-0.2, 0) is 14.7 Å². The zero-order chi connectivity index (χ0) is 11.2. The lowest BCUT2D eigenvalue weighted by molar-refractivity contribution is 0.0274. The third kappa shape index (κ3) is 6.34. The molecule has 0 aromatic carbocycles. The maximum atomic E-state index is 11.3. The van der Waals surface area contributed by atoms with Crippen molar-refractivity contribution in [3.05, 3.63) is 0 Å². The fourth-order valence-corrected chi connectivity index (χ4v) is 1.56. The summed E-state index contributed by atoms with van der Waals surface area (Å²) < 4.78 is 22.7. The number of sulfone groups is 1. The first-order chi connectivity index (χ1) is 6.36. The van der Waals surface area contributed by atoms with E-state index in [0.29, 0.717) is 19.1 Å². The highest BCUT2D eigenvalue weighted by Gasteiger charge is 2.14. The van der Waals surface area contributed by atoms with Gasteiger partial charge in [0.05, 0.1) is 17.6 Å². The highest BCUT2D eigenvalue weighted by Crippen LogP contribution is 1.99. The van der Waals surface area contributed by atoms with Gasteiger partial charge in [0.2, 0.25) is 0 Å². The number of hydroxylamine groups is 1. The minimum Gasteiger partial charge on any atom is -0.302 e. The normalized spacial score (nSPS) is 12.7. The van der Waals surface area contributed by atoms with Gasteiger partial charge in [-0.05, 0) is 19.8 Å². The quantitative estimate of drug-likeness (QED) is 0.516. The third-order valence-electron chi connectivity index (χ3n) is 1.73. The molecule has 0 aliphatic heterocycles. The van der Waals surface area contributed by atoms with E-state index >= 15 is 0 Å². The lowest BCUT2D eigenvalue weighted by Gasteiger charge is -2.09. The van der Waals surface area contributed by atoms with Crippen LogP contribution in [0.3, 0.4) is 0 Å². The molecule has 0 aromatic rings. The summed E-state index contributed by atoms with van der Waals surface area (Å²) in [4.78, 5) is 5.06. The molecule has 4 nitrogen and oxygen atoms in total. The average Bonchev–Trinajstić information content (AvgIpc) is 2.02. The molecular weight excluding hydrogens is 202 g/mol. The summed E-state index contributed by atoms with van der Waals surface area (Å²) in [6.07, 6.45) is 0. The Hall–Kier alpha value is -0.130. The summed E-state index contributed by atoms with van der Waals surface area (Å²) in [6.45, 7) is 8.39. The minimum absolute atomic E-state index is 0.128. The zero-order valence-electron chi connectivity index (χ0n) is 9.41. The smallest absolute Gasteiger partial charge is 0.153 e. The lowest BCUT2D eigenvalue weighted by atomic mass is 10.2. The Morgan fingerprint density at radius 1 is 1.21 bits per heavy atom. The molecule has 0 bridgehead atoms. The second kappa shape index (κ2) is 6.37. The molecule has 0 aliphatic carbocycles. The van der Waals surface area contributed by atoms with Gasteiger partial charge in [-0.15, -0.1) is 0 Å². The predicted molar refractivity (Wildman–Crippen MR) is 57.7 cm³/mol. The Bertz CT molecular complexity index is 234. The molecule has 0 spiro atoms. The van der Waals surface area contributed by atoms with Crippen molar-refractivity contribution in [3.8, 4) is 0 Å². The van der Waals surface area contributed by atoms with Crippen LogP contribution in [0.15, 0.2) is 0 Å². The van der Waals surface area contributed by atoms with Crippen LogP contribution in [0.2, 0.25) is 0 Å². The zero-order valence-corrected chi connectivity index (χ0v) is 10.2. The Kier molecular flexibility index (Phi) is 6.31. The molecule has 0 saturated carbocycles. The van der Waals surface area contributed by atoms with Gasteiger partial charge in [-0.2, -0.15) is 0 Å². The fourth-order valence-electron chi connectivity index (χ4n) is 0.717. The predicted octanol–water partition coefficient (Wildman–Crippen LogP) is 0.987. The first kappa shape index (κ1) is 13.9. The molecule has 0 saturated heterocycles. The Morgan fingerprint density at radius 3 is 2.21 bits per heavy atom. The summed E-state index contributed by atoms with van der Waals surface area (Å²) in [5.41, 5.74) is 2.65. The van der Waals surface area contributed by atoms with Crippen molar-refractivity contribution in [2.24, 2.45) is 5.92 Å². The Balaban J connectivity index is 3.55. The van der Waals surface area contributed by atoms with E-state index in [2.05, 4.69) is 5.48 Å². The number of rotatable bonds is 7. The van der Waals surface area contributed by atoms with Crippen molar-refractivity contribution in [1.29, 1.82) is 0 Å². The third-order valence-corrected chi connectivity index (χ3v) is 3.94. The van der Waals surface area contributed by atoms with Crippen molar-refractivity contribution in [2.75, 3.05) is 18.9 Å². The molecule has 0 amide bonds. The molecule has 14 heavy (non-hydrogen) atoms. The van der Waals surface area contributed by atoms with Crippen LogP contribution in [0.1, 0.15) is 27.7 Å². The van der Waals surface area contributed by atoms with E-state index < -0.39 is 9.84 Å². The number of nitrogens with one attached hydrogen (secondary N) is 1. The van der Waals surface area contributed by atoms with Crippen molar-refractivity contribution in [1.82, 2.24) is 5.48 Å². The molecule has 5 heteroatoms. The molecular formula is C9H21NO3S. The fraction of sp³-hybridized carbons (Fsp3) is 1.00. The molecule has 0 aliphatic rings. The first-order valence-electron chi connectivity index (χ1n) is 4.92. The number of hydrogen-bond acceptors (Lipinski definition) is 4. The van der Waals surface area contributed by atoms with Gasteiger partial charge in [0.25, 0.3) is 0 Å². The molecule has 0 radical (unpaired) electrons. The van der Waals surface area contributed by atoms with Gasteiger partial charge in [0.15, 0.2) is 9.84 Å². The molecule has 0 rings (SSSR count). The van der Waals surface area contributed by atoms with Gasteiger partial charge in [-0.1, -0.05) is 13.8 Å². The Labute approximate surface area is 86.9 Å². The van der Waals surface area contributed by atoms with Crippen LogP contribution >= 0.6 is 0 Å². The standard InChI is InChI=1S/C9H21NO3S/c1-8(2)7-13-10-5-6-14(11,12)9(3)4/h8-10H,5-7H2,1-4H3. The van der Waals surface area contributed by atoms with Gasteiger partial charge in [0, 0.05) is 6.54 Å². The van der Waals surface area contributed by atoms with Crippen molar-refractivity contribution in [3.63, 3.8) is 0 Å². The summed E-state index contributed by atoms with van der Waals surface area (Å²) in [5, 5.41) is -0.311.